The van der Waals surface area contributed by atoms with Crippen molar-refractivity contribution in [1.82, 2.24) is 0 Å². The molecule has 0 spiro atoms. The number of esters is 2. The lowest BCUT2D eigenvalue weighted by molar-refractivity contribution is -0.153. The van der Waals surface area contributed by atoms with Gasteiger partial charge < -0.3 is 9.47 Å². The molecule has 0 atom stereocenters. The second kappa shape index (κ2) is 8.20. The minimum Gasteiger partial charge on any atom is -0.464 e. The molecule has 0 saturated carbocycles. The molecule has 0 heterocycles. The van der Waals surface area contributed by atoms with Crippen LogP contribution >= 0.6 is 0 Å². The first-order chi connectivity index (χ1) is 11.0. The van der Waals surface area contributed by atoms with Gasteiger partial charge in [-0.3, -0.25) is 9.59 Å². The molecule has 0 fully saturated rings. The van der Waals surface area contributed by atoms with Gasteiger partial charge in [0.15, 0.2) is 0 Å². The zero-order chi connectivity index (χ0) is 20.1. The van der Waals surface area contributed by atoms with E-state index in [2.05, 4.69) is 9.47 Å². The third kappa shape index (κ3) is 7.89. The highest BCUT2D eigenvalue weighted by molar-refractivity contribution is 7.92. The molecular weight excluding hydrogens is 414 g/mol. The van der Waals surface area contributed by atoms with E-state index in [1.165, 1.54) is 0 Å². The fourth-order valence-corrected chi connectivity index (χ4v) is 2.05. The Morgan fingerprint density at radius 3 is 1.20 bits per heavy atom. The average Bonchev–Trinajstić information content (AvgIpc) is 2.35. The van der Waals surface area contributed by atoms with Gasteiger partial charge >= 0.3 is 23.0 Å². The van der Waals surface area contributed by atoms with Crippen molar-refractivity contribution in [3.8, 4) is 0 Å². The molecule has 16 heteroatoms. The summed E-state index contributed by atoms with van der Waals surface area (Å²) in [4.78, 5) is 22.0. The average molecular weight is 424 g/mol. The number of sulfone groups is 2. The van der Waals surface area contributed by atoms with Crippen LogP contribution in [0, 0.1) is 0 Å². The van der Waals surface area contributed by atoms with E-state index in [9.17, 15) is 52.8 Å². The number of hydrogen-bond donors (Lipinski definition) is 0. The van der Waals surface area contributed by atoms with Gasteiger partial charge in [0.2, 0.25) is 0 Å². The van der Waals surface area contributed by atoms with Crippen LogP contribution in [0.2, 0.25) is 0 Å². The summed E-state index contributed by atoms with van der Waals surface area (Å²) in [6, 6.07) is 0. The molecule has 0 N–H and O–H groups in total. The van der Waals surface area contributed by atoms with E-state index < -0.39 is 73.8 Å². The first kappa shape index (κ1) is 23.4. The van der Waals surface area contributed by atoms with Crippen LogP contribution in [0.25, 0.3) is 0 Å². The van der Waals surface area contributed by atoms with Crippen molar-refractivity contribution in [3.63, 3.8) is 0 Å². The van der Waals surface area contributed by atoms with Gasteiger partial charge in [0.1, 0.15) is 19.6 Å². The van der Waals surface area contributed by atoms with Crippen LogP contribution in [0.15, 0.2) is 0 Å². The van der Waals surface area contributed by atoms with Crippen LogP contribution in [-0.4, -0.2) is 64.5 Å². The summed E-state index contributed by atoms with van der Waals surface area (Å²) in [5.41, 5.74) is -11.1. The molecule has 0 saturated heterocycles. The van der Waals surface area contributed by atoms with E-state index in [0.717, 1.165) is 0 Å². The zero-order valence-corrected chi connectivity index (χ0v) is 13.5. The Morgan fingerprint density at radius 1 is 0.680 bits per heavy atom. The minimum atomic E-state index is -5.55. The molecule has 0 aliphatic heterocycles. The second-order valence-corrected chi connectivity index (χ2v) is 8.35. The Morgan fingerprint density at radius 2 is 0.960 bits per heavy atom. The molecule has 0 aromatic carbocycles. The number of alkyl halides is 6. The summed E-state index contributed by atoms with van der Waals surface area (Å²) < 4.78 is 122. The van der Waals surface area contributed by atoms with Crippen molar-refractivity contribution < 1.29 is 62.2 Å². The van der Waals surface area contributed by atoms with Crippen molar-refractivity contribution in [2.45, 2.75) is 17.4 Å². The molecule has 0 amide bonds. The minimum absolute atomic E-state index is 1.23. The number of halogens is 6. The summed E-state index contributed by atoms with van der Waals surface area (Å²) in [5, 5.41) is 0. The normalized spacial score (nSPS) is 13.4. The van der Waals surface area contributed by atoms with Crippen LogP contribution in [0.3, 0.4) is 0 Å². The van der Waals surface area contributed by atoms with Crippen LogP contribution in [0.1, 0.15) is 6.42 Å². The van der Waals surface area contributed by atoms with Crippen LogP contribution < -0.4 is 0 Å². The topological polar surface area (TPSA) is 121 Å². The summed E-state index contributed by atoms with van der Waals surface area (Å²) >= 11 is 0. The molecule has 0 unspecified atom stereocenters. The van der Waals surface area contributed by atoms with Gasteiger partial charge in [-0.25, -0.2) is 16.8 Å². The van der Waals surface area contributed by atoms with E-state index in [-0.39, 0.29) is 0 Å². The maximum atomic E-state index is 12.0. The van der Waals surface area contributed by atoms with Gasteiger partial charge in [-0.15, -0.1) is 0 Å². The predicted molar refractivity (Wildman–Crippen MR) is 66.2 cm³/mol. The molecule has 0 aromatic rings. The van der Waals surface area contributed by atoms with Gasteiger partial charge in [-0.2, -0.15) is 26.3 Å². The maximum Gasteiger partial charge on any atom is 0.497 e. The van der Waals surface area contributed by atoms with Crippen LogP contribution in [-0.2, 0) is 38.7 Å². The van der Waals surface area contributed by atoms with Crippen molar-refractivity contribution in [2.75, 3.05) is 24.7 Å². The number of carbonyl (C=O) groups is 2. The monoisotopic (exact) mass is 424 g/mol. The molecule has 0 rings (SSSR count). The molecule has 0 radical (unpaired) electrons. The Labute approximate surface area is 136 Å². The maximum absolute atomic E-state index is 12.0. The lowest BCUT2D eigenvalue weighted by Crippen LogP contribution is -2.30. The molecule has 148 valence electrons. The number of carbonyl (C=O) groups excluding carboxylic acids is 2. The van der Waals surface area contributed by atoms with Gasteiger partial charge in [0.05, 0.1) is 11.5 Å². The summed E-state index contributed by atoms with van der Waals surface area (Å²) in [7, 11) is -11.1. The Bertz CT molecular complexity index is 631. The van der Waals surface area contributed by atoms with Gasteiger partial charge in [-0.05, 0) is 0 Å². The fourth-order valence-electron chi connectivity index (χ4n) is 0.982. The number of hydrogen-bond acceptors (Lipinski definition) is 8. The van der Waals surface area contributed by atoms with E-state index in [0.29, 0.717) is 0 Å². The van der Waals surface area contributed by atoms with E-state index in [1.54, 1.807) is 0 Å². The Balaban J connectivity index is 4.23. The van der Waals surface area contributed by atoms with Crippen LogP contribution in [0.5, 0.6) is 0 Å². The smallest absolute Gasteiger partial charge is 0.464 e. The van der Waals surface area contributed by atoms with E-state index in [1.807, 2.05) is 0 Å². The van der Waals surface area contributed by atoms with E-state index in [4.69, 9.17) is 0 Å². The molecule has 0 aromatic heterocycles. The second-order valence-electron chi connectivity index (χ2n) is 4.15. The summed E-state index contributed by atoms with van der Waals surface area (Å²) in [6.45, 7) is -2.45. The summed E-state index contributed by atoms with van der Waals surface area (Å²) in [5.74, 6) is -6.22. The standard InChI is InChI=1S/C9H10F6O8S2/c10-8(11,12)24(18,19)3-1-22-6(16)5-7(17)23-2-4-25(20,21)9(13,14)15/h1-5H2. The Hall–Kier alpha value is -1.58. The van der Waals surface area contributed by atoms with Gasteiger partial charge in [0, 0.05) is 0 Å². The van der Waals surface area contributed by atoms with Gasteiger partial charge in [-0.1, -0.05) is 0 Å². The van der Waals surface area contributed by atoms with Crippen molar-refractivity contribution >= 4 is 31.6 Å². The molecular formula is C9H10F6O8S2. The summed E-state index contributed by atoms with van der Waals surface area (Å²) in [6.07, 6.45) is -1.27. The lowest BCUT2D eigenvalue weighted by Gasteiger charge is -2.09. The number of rotatable bonds is 8. The highest BCUT2D eigenvalue weighted by atomic mass is 32.2. The quantitative estimate of drug-likeness (QED) is 0.311. The molecule has 25 heavy (non-hydrogen) atoms. The molecule has 8 nitrogen and oxygen atoms in total. The molecule has 0 bridgehead atoms. The SMILES string of the molecule is O=C(CC(=O)OCCS(=O)(=O)C(F)(F)F)OCCS(=O)(=O)C(F)(F)F. The first-order valence-corrected chi connectivity index (χ1v) is 9.19. The van der Waals surface area contributed by atoms with Crippen molar-refractivity contribution in [2.24, 2.45) is 0 Å². The highest BCUT2D eigenvalue weighted by Gasteiger charge is 2.46. The lowest BCUT2D eigenvalue weighted by atomic mass is 10.4. The van der Waals surface area contributed by atoms with E-state index >= 15 is 0 Å². The first-order valence-electron chi connectivity index (χ1n) is 5.89. The van der Waals surface area contributed by atoms with Crippen molar-refractivity contribution in [3.05, 3.63) is 0 Å². The fraction of sp³-hybridized carbons (Fsp3) is 0.778. The third-order valence-electron chi connectivity index (χ3n) is 2.22. The highest BCUT2D eigenvalue weighted by Crippen LogP contribution is 2.24. The van der Waals surface area contributed by atoms with Crippen molar-refractivity contribution in [1.29, 1.82) is 0 Å². The molecule has 0 aliphatic carbocycles. The van der Waals surface area contributed by atoms with Gasteiger partial charge in [0.25, 0.3) is 19.7 Å². The largest absolute Gasteiger partial charge is 0.497 e. The molecule has 0 aliphatic rings. The number of ether oxygens (including phenoxy) is 2. The zero-order valence-electron chi connectivity index (χ0n) is 11.9. The Kier molecular flexibility index (Phi) is 7.68. The third-order valence-corrected chi connectivity index (χ3v) is 5.04. The van der Waals surface area contributed by atoms with Crippen LogP contribution in [0.4, 0.5) is 26.3 Å². The predicted octanol–water partition coefficient (Wildman–Crippen LogP) is 0.332.